The van der Waals surface area contributed by atoms with Gasteiger partial charge in [0.05, 0.1) is 0 Å². The third kappa shape index (κ3) is 2.42. The Bertz CT molecular complexity index is 754. The Kier molecular flexibility index (Phi) is 3.94. The van der Waals surface area contributed by atoms with Gasteiger partial charge in [-0.1, -0.05) is 30.8 Å². The van der Waals surface area contributed by atoms with E-state index in [9.17, 15) is 10.0 Å². The maximum Gasteiger partial charge on any atom is 0.186 e. The number of benzene rings is 1. The van der Waals surface area contributed by atoms with Crippen molar-refractivity contribution < 1.29 is 14.7 Å². The predicted molar refractivity (Wildman–Crippen MR) is 96.4 cm³/mol. The maximum absolute atomic E-state index is 12.6. The molecule has 0 bridgehead atoms. The number of hydrogen-bond acceptors (Lipinski definition) is 4. The minimum Gasteiger partial charge on any atom is -0.490 e. The predicted octanol–water partition coefficient (Wildman–Crippen LogP) is 4.12. The largest absolute Gasteiger partial charge is 0.490 e. The molecule has 0 radical (unpaired) electrons. The molecule has 0 unspecified atom stereocenters. The van der Waals surface area contributed by atoms with Gasteiger partial charge < -0.3 is 9.94 Å². The molecule has 4 nitrogen and oxygen atoms in total. The number of Topliss-reactive ketones (excluding diaryl/α,β-unsaturated/α-hetero) is 1. The van der Waals surface area contributed by atoms with Gasteiger partial charge in [-0.25, -0.2) is 0 Å². The van der Waals surface area contributed by atoms with Crippen LogP contribution in [0.3, 0.4) is 0 Å². The fourth-order valence-corrected chi connectivity index (χ4v) is 5.50. The van der Waals surface area contributed by atoms with Crippen molar-refractivity contribution in [3.05, 3.63) is 42.0 Å². The van der Waals surface area contributed by atoms with Gasteiger partial charge >= 0.3 is 0 Å². The van der Waals surface area contributed by atoms with Crippen molar-refractivity contribution >= 4 is 11.5 Å². The number of oxime groups is 1. The summed E-state index contributed by atoms with van der Waals surface area (Å²) in [6.45, 7) is 6.30. The zero-order chi connectivity index (χ0) is 17.6. The molecule has 4 rings (SSSR count). The first-order valence-corrected chi connectivity index (χ1v) is 9.20. The Morgan fingerprint density at radius 1 is 1.44 bits per heavy atom. The molecule has 4 atom stereocenters. The summed E-state index contributed by atoms with van der Waals surface area (Å²) >= 11 is 0. The molecule has 3 aliphatic carbocycles. The Hall–Kier alpha value is -2.10. The Morgan fingerprint density at radius 3 is 3.04 bits per heavy atom. The number of fused-ring (bicyclic) bond motifs is 5. The van der Waals surface area contributed by atoms with E-state index in [-0.39, 0.29) is 11.2 Å². The van der Waals surface area contributed by atoms with Crippen molar-refractivity contribution in [3.63, 3.8) is 0 Å². The molecule has 2 saturated carbocycles. The van der Waals surface area contributed by atoms with Crippen LogP contribution < -0.4 is 4.74 Å². The molecule has 0 saturated heterocycles. The van der Waals surface area contributed by atoms with Crippen molar-refractivity contribution in [1.82, 2.24) is 0 Å². The first-order chi connectivity index (χ1) is 12.1. The molecule has 25 heavy (non-hydrogen) atoms. The zero-order valence-corrected chi connectivity index (χ0v) is 14.7. The molecule has 1 N–H and O–H groups in total. The van der Waals surface area contributed by atoms with Crippen molar-refractivity contribution in [2.45, 2.75) is 44.9 Å². The van der Waals surface area contributed by atoms with Crippen LogP contribution in [0.1, 0.15) is 49.7 Å². The van der Waals surface area contributed by atoms with Crippen LogP contribution in [-0.4, -0.2) is 23.3 Å². The SMILES string of the molecule is C=CCOc1ccc2c(c1)CC[C@H]1[C@@H]2CC[C@@]2(C)C(=O)/C(=N/O)C[C@@H]12. The summed E-state index contributed by atoms with van der Waals surface area (Å²) in [5.74, 6) is 2.27. The summed E-state index contributed by atoms with van der Waals surface area (Å²) in [5, 5.41) is 12.5. The number of nitrogens with zero attached hydrogens (tertiary/aromatic N) is 1. The van der Waals surface area contributed by atoms with Crippen LogP contribution >= 0.6 is 0 Å². The molecular formula is C21H25NO3. The second-order valence-corrected chi connectivity index (χ2v) is 7.91. The van der Waals surface area contributed by atoms with E-state index in [1.54, 1.807) is 6.08 Å². The summed E-state index contributed by atoms with van der Waals surface area (Å²) in [5.41, 5.74) is 2.85. The van der Waals surface area contributed by atoms with Crippen LogP contribution in [0.15, 0.2) is 36.0 Å². The van der Waals surface area contributed by atoms with Crippen molar-refractivity contribution in [3.8, 4) is 5.75 Å². The molecule has 0 heterocycles. The second kappa shape index (κ2) is 6.01. The van der Waals surface area contributed by atoms with Crippen molar-refractivity contribution in [2.24, 2.45) is 22.4 Å². The van der Waals surface area contributed by atoms with Crippen LogP contribution in [0.2, 0.25) is 0 Å². The summed E-state index contributed by atoms with van der Waals surface area (Å²) in [6, 6.07) is 6.44. The second-order valence-electron chi connectivity index (χ2n) is 7.91. The number of rotatable bonds is 3. The van der Waals surface area contributed by atoms with E-state index in [1.165, 1.54) is 11.1 Å². The van der Waals surface area contributed by atoms with Gasteiger partial charge in [-0.2, -0.15) is 0 Å². The minimum atomic E-state index is -0.340. The van der Waals surface area contributed by atoms with Gasteiger partial charge in [-0.3, -0.25) is 4.79 Å². The van der Waals surface area contributed by atoms with Gasteiger partial charge in [0.25, 0.3) is 0 Å². The molecule has 4 heteroatoms. The fourth-order valence-electron chi connectivity index (χ4n) is 5.50. The lowest BCUT2D eigenvalue weighted by Gasteiger charge is -2.47. The Morgan fingerprint density at radius 2 is 2.28 bits per heavy atom. The summed E-state index contributed by atoms with van der Waals surface area (Å²) in [4.78, 5) is 12.6. The van der Waals surface area contributed by atoms with Gasteiger partial charge in [0.15, 0.2) is 5.78 Å². The van der Waals surface area contributed by atoms with E-state index in [4.69, 9.17) is 4.74 Å². The molecule has 0 amide bonds. The number of aryl methyl sites for hydroxylation is 1. The highest BCUT2D eigenvalue weighted by Gasteiger charge is 2.57. The van der Waals surface area contributed by atoms with Crippen LogP contribution in [0.5, 0.6) is 5.75 Å². The summed E-state index contributed by atoms with van der Waals surface area (Å²) < 4.78 is 5.68. The average molecular weight is 339 g/mol. The van der Waals surface area contributed by atoms with Crippen LogP contribution in [0.4, 0.5) is 0 Å². The number of ether oxygens (including phenoxy) is 1. The molecule has 0 aliphatic heterocycles. The molecule has 1 aromatic rings. The minimum absolute atomic E-state index is 0.0671. The van der Waals surface area contributed by atoms with Crippen molar-refractivity contribution in [2.75, 3.05) is 6.61 Å². The number of ketones is 1. The molecule has 2 fully saturated rings. The third-order valence-electron chi connectivity index (χ3n) is 6.77. The molecule has 1 aromatic carbocycles. The number of carbonyl (C=O) groups excluding carboxylic acids is 1. The van der Waals surface area contributed by atoms with E-state index in [0.29, 0.717) is 36.5 Å². The normalized spacial score (nSPS) is 35.0. The summed E-state index contributed by atoms with van der Waals surface area (Å²) in [6.07, 6.45) is 6.41. The molecule has 3 aliphatic rings. The molecular weight excluding hydrogens is 314 g/mol. The van der Waals surface area contributed by atoms with Gasteiger partial charge in [-0.05, 0) is 66.7 Å². The smallest absolute Gasteiger partial charge is 0.186 e. The summed E-state index contributed by atoms with van der Waals surface area (Å²) in [7, 11) is 0. The van der Waals surface area contributed by atoms with Crippen LogP contribution in [0, 0.1) is 17.3 Å². The van der Waals surface area contributed by atoms with Gasteiger partial charge in [0.2, 0.25) is 0 Å². The topological polar surface area (TPSA) is 58.9 Å². The third-order valence-corrected chi connectivity index (χ3v) is 6.77. The first kappa shape index (κ1) is 16.4. The quantitative estimate of drug-likeness (QED) is 0.512. The highest BCUT2D eigenvalue weighted by atomic mass is 16.5. The molecule has 132 valence electrons. The number of hydrogen-bond donors (Lipinski definition) is 1. The van der Waals surface area contributed by atoms with Gasteiger partial charge in [0, 0.05) is 11.8 Å². The lowest BCUT2D eigenvalue weighted by Crippen LogP contribution is -2.42. The standard InChI is InChI=1S/C21H25NO3/c1-3-10-25-14-5-7-15-13(11-14)4-6-17-16(15)8-9-21(2)18(17)12-19(22-24)20(21)23/h3,5,7,11,16-18,24H,1,4,6,8-10,12H2,2H3/b22-19+/t16-,17+,18+,21-/m1/s1. The Labute approximate surface area is 148 Å². The van der Waals surface area contributed by atoms with Gasteiger partial charge in [0.1, 0.15) is 18.1 Å². The van der Waals surface area contributed by atoms with E-state index in [0.717, 1.165) is 31.4 Å². The maximum atomic E-state index is 12.6. The highest BCUT2D eigenvalue weighted by molar-refractivity contribution is 6.43. The van der Waals surface area contributed by atoms with E-state index in [2.05, 4.69) is 36.9 Å². The van der Waals surface area contributed by atoms with Gasteiger partial charge in [-0.15, -0.1) is 0 Å². The zero-order valence-electron chi connectivity index (χ0n) is 14.7. The lowest BCUT2D eigenvalue weighted by molar-refractivity contribution is -0.125. The molecule has 0 aromatic heterocycles. The number of carbonyl (C=O) groups is 1. The van der Waals surface area contributed by atoms with Crippen LogP contribution in [0.25, 0.3) is 0 Å². The fraction of sp³-hybridized carbons (Fsp3) is 0.524. The van der Waals surface area contributed by atoms with Crippen molar-refractivity contribution in [1.29, 1.82) is 0 Å². The van der Waals surface area contributed by atoms with E-state index >= 15 is 0 Å². The van der Waals surface area contributed by atoms with E-state index in [1.807, 2.05) is 0 Å². The van der Waals surface area contributed by atoms with Crippen LogP contribution in [-0.2, 0) is 11.2 Å². The first-order valence-electron chi connectivity index (χ1n) is 9.20. The molecule has 0 spiro atoms. The highest BCUT2D eigenvalue weighted by Crippen LogP contribution is 2.59. The monoisotopic (exact) mass is 339 g/mol. The van der Waals surface area contributed by atoms with E-state index < -0.39 is 0 Å². The lowest BCUT2D eigenvalue weighted by atomic mass is 9.55. The average Bonchev–Trinajstić information content (AvgIpc) is 2.90. The Balaban J connectivity index is 1.64.